The highest BCUT2D eigenvalue weighted by Crippen LogP contribution is 2.31. The molecule has 0 spiro atoms. The Kier molecular flexibility index (Phi) is 9.68. The van der Waals surface area contributed by atoms with Crippen LogP contribution in [0.5, 0.6) is 0 Å². The van der Waals surface area contributed by atoms with Crippen molar-refractivity contribution in [3.63, 3.8) is 0 Å². The van der Waals surface area contributed by atoms with Gasteiger partial charge in [0.2, 0.25) is 11.9 Å². The summed E-state index contributed by atoms with van der Waals surface area (Å²) < 4.78 is 0. The Morgan fingerprint density at radius 2 is 2.00 bits per heavy atom. The molecule has 7 heteroatoms. The van der Waals surface area contributed by atoms with Crippen LogP contribution in [-0.2, 0) is 11.3 Å². The Hall–Kier alpha value is -3.48. The fraction of sp³-hybridized carbons (Fsp3) is 0.323. The lowest BCUT2D eigenvalue weighted by atomic mass is 9.96. The van der Waals surface area contributed by atoms with E-state index in [0.717, 1.165) is 67.8 Å². The standard InChI is InChI=1S/C31H36ClN5O/c1-4-6-12-27(26-13-8-7-10-22(26)3)30-28(32)20-34-31(36-30)35-24-16-14-23(15-17-24)19-33-25-11-9-18-37(21-25)29(38)5-2/h5,7-8,10,12-17,20,25,33H,2,4,6,9,11,18-19,21H2,1,3H3,(H,34,35,36)/b27-12+/t25-/m1/s1. The van der Waals surface area contributed by atoms with E-state index >= 15 is 0 Å². The number of halogens is 1. The fourth-order valence-corrected chi connectivity index (χ4v) is 4.88. The predicted octanol–water partition coefficient (Wildman–Crippen LogP) is 6.68. The Morgan fingerprint density at radius 3 is 2.74 bits per heavy atom. The number of aryl methyl sites for hydroxylation is 1. The van der Waals surface area contributed by atoms with Crippen LogP contribution in [0.3, 0.4) is 0 Å². The number of rotatable bonds is 10. The molecule has 1 atom stereocenters. The molecule has 2 N–H and O–H groups in total. The van der Waals surface area contributed by atoms with E-state index in [0.29, 0.717) is 11.0 Å². The number of nitrogens with zero attached hydrogens (tertiary/aromatic N) is 3. The zero-order valence-corrected chi connectivity index (χ0v) is 23.0. The molecule has 1 aliphatic rings. The van der Waals surface area contributed by atoms with Gasteiger partial charge in [0.25, 0.3) is 0 Å². The molecule has 2 heterocycles. The molecule has 38 heavy (non-hydrogen) atoms. The van der Waals surface area contributed by atoms with Gasteiger partial charge in [0, 0.05) is 36.9 Å². The summed E-state index contributed by atoms with van der Waals surface area (Å²) in [7, 11) is 0. The number of aromatic nitrogens is 2. The summed E-state index contributed by atoms with van der Waals surface area (Å²) in [5.41, 5.74) is 6.13. The van der Waals surface area contributed by atoms with E-state index in [4.69, 9.17) is 16.6 Å². The normalized spacial score (nSPS) is 15.8. The Balaban J connectivity index is 1.44. The molecule has 198 valence electrons. The smallest absolute Gasteiger partial charge is 0.246 e. The summed E-state index contributed by atoms with van der Waals surface area (Å²) in [5.74, 6) is 0.506. The average Bonchev–Trinajstić information content (AvgIpc) is 2.95. The van der Waals surface area contributed by atoms with Crippen LogP contribution in [0, 0.1) is 6.92 Å². The molecule has 1 aliphatic heterocycles. The number of unbranched alkanes of at least 4 members (excludes halogenated alkanes) is 1. The second-order valence-electron chi connectivity index (χ2n) is 9.64. The van der Waals surface area contributed by atoms with Crippen molar-refractivity contribution in [2.24, 2.45) is 0 Å². The molecule has 6 nitrogen and oxygen atoms in total. The summed E-state index contributed by atoms with van der Waals surface area (Å²) in [5, 5.41) is 7.44. The van der Waals surface area contributed by atoms with Gasteiger partial charge in [-0.05, 0) is 61.1 Å². The molecule has 2 aromatic carbocycles. The monoisotopic (exact) mass is 529 g/mol. The van der Waals surface area contributed by atoms with E-state index in [1.165, 1.54) is 17.2 Å². The molecular formula is C31H36ClN5O. The van der Waals surface area contributed by atoms with Crippen molar-refractivity contribution in [1.29, 1.82) is 0 Å². The highest BCUT2D eigenvalue weighted by atomic mass is 35.5. The summed E-state index contributed by atoms with van der Waals surface area (Å²) in [6, 6.07) is 16.8. The molecule has 0 unspecified atom stereocenters. The summed E-state index contributed by atoms with van der Waals surface area (Å²) >= 11 is 6.60. The highest BCUT2D eigenvalue weighted by Gasteiger charge is 2.21. The highest BCUT2D eigenvalue weighted by molar-refractivity contribution is 6.32. The lowest BCUT2D eigenvalue weighted by molar-refractivity contribution is -0.127. The number of nitrogens with one attached hydrogen (secondary N) is 2. The second kappa shape index (κ2) is 13.4. The third-order valence-corrected chi connectivity index (χ3v) is 7.06. The molecule has 1 amide bonds. The number of anilines is 2. The summed E-state index contributed by atoms with van der Waals surface area (Å²) in [4.78, 5) is 23.0. The van der Waals surface area contributed by atoms with E-state index in [9.17, 15) is 4.79 Å². The van der Waals surface area contributed by atoms with Crippen molar-refractivity contribution in [2.75, 3.05) is 18.4 Å². The number of piperidine rings is 1. The number of likely N-dealkylation sites (tertiary alicyclic amines) is 1. The lowest BCUT2D eigenvalue weighted by Gasteiger charge is -2.32. The van der Waals surface area contributed by atoms with Crippen molar-refractivity contribution in [3.05, 3.63) is 101 Å². The van der Waals surface area contributed by atoms with Gasteiger partial charge >= 0.3 is 0 Å². The van der Waals surface area contributed by atoms with E-state index < -0.39 is 0 Å². The van der Waals surface area contributed by atoms with Gasteiger partial charge in [0.15, 0.2) is 0 Å². The average molecular weight is 530 g/mol. The number of carbonyl (C=O) groups excluding carboxylic acids is 1. The van der Waals surface area contributed by atoms with Crippen LogP contribution < -0.4 is 10.6 Å². The Morgan fingerprint density at radius 1 is 1.21 bits per heavy atom. The third-order valence-electron chi connectivity index (χ3n) is 6.78. The van der Waals surface area contributed by atoms with Gasteiger partial charge in [-0.1, -0.05) is 74.0 Å². The van der Waals surface area contributed by atoms with Crippen molar-refractivity contribution in [1.82, 2.24) is 20.2 Å². The number of hydrogen-bond donors (Lipinski definition) is 2. The van der Waals surface area contributed by atoms with Crippen LogP contribution in [0.25, 0.3) is 5.57 Å². The van der Waals surface area contributed by atoms with Crippen molar-refractivity contribution >= 4 is 34.7 Å². The quantitative estimate of drug-likeness (QED) is 0.287. The van der Waals surface area contributed by atoms with E-state index in [1.807, 2.05) is 29.2 Å². The molecule has 1 saturated heterocycles. The van der Waals surface area contributed by atoms with Crippen molar-refractivity contribution in [3.8, 4) is 0 Å². The van der Waals surface area contributed by atoms with Gasteiger partial charge in [-0.15, -0.1) is 0 Å². The minimum atomic E-state index is 0.00591. The first-order valence-corrected chi connectivity index (χ1v) is 13.7. The van der Waals surface area contributed by atoms with E-state index in [-0.39, 0.29) is 11.9 Å². The zero-order chi connectivity index (χ0) is 26.9. The largest absolute Gasteiger partial charge is 0.338 e. The predicted molar refractivity (Wildman–Crippen MR) is 157 cm³/mol. The molecule has 0 saturated carbocycles. The number of benzene rings is 2. The van der Waals surface area contributed by atoms with Gasteiger partial charge in [-0.3, -0.25) is 4.79 Å². The molecule has 1 aromatic heterocycles. The van der Waals surface area contributed by atoms with Crippen LogP contribution in [-0.4, -0.2) is 39.9 Å². The maximum Gasteiger partial charge on any atom is 0.246 e. The van der Waals surface area contributed by atoms with Crippen molar-refractivity contribution in [2.45, 2.75) is 52.1 Å². The molecule has 3 aromatic rings. The minimum absolute atomic E-state index is 0.00591. The van der Waals surface area contributed by atoms with Crippen LogP contribution >= 0.6 is 11.6 Å². The lowest BCUT2D eigenvalue weighted by Crippen LogP contribution is -2.47. The van der Waals surface area contributed by atoms with Gasteiger partial charge in [-0.2, -0.15) is 0 Å². The fourth-order valence-electron chi connectivity index (χ4n) is 4.68. The molecule has 1 fully saturated rings. The molecule has 0 aliphatic carbocycles. The molecule has 0 bridgehead atoms. The second-order valence-corrected chi connectivity index (χ2v) is 10.0. The van der Waals surface area contributed by atoms with Gasteiger partial charge in [0.1, 0.15) is 0 Å². The van der Waals surface area contributed by atoms with Crippen LogP contribution in [0.4, 0.5) is 11.6 Å². The van der Waals surface area contributed by atoms with E-state index in [2.05, 4.69) is 66.4 Å². The number of allylic oxidation sites excluding steroid dienone is 1. The summed E-state index contributed by atoms with van der Waals surface area (Å²) in [6.45, 7) is 10.1. The first-order chi connectivity index (χ1) is 18.5. The van der Waals surface area contributed by atoms with Crippen molar-refractivity contribution < 1.29 is 4.79 Å². The number of hydrogen-bond acceptors (Lipinski definition) is 5. The molecule has 4 rings (SSSR count). The summed E-state index contributed by atoms with van der Waals surface area (Å²) in [6.07, 6.45) is 9.30. The van der Waals surface area contributed by atoms with E-state index in [1.54, 1.807) is 6.20 Å². The maximum atomic E-state index is 11.9. The van der Waals surface area contributed by atoms with Crippen LogP contribution in [0.15, 0.2) is 73.5 Å². The van der Waals surface area contributed by atoms with Crippen LogP contribution in [0.1, 0.15) is 55.0 Å². The maximum absolute atomic E-state index is 11.9. The number of carbonyl (C=O) groups is 1. The minimum Gasteiger partial charge on any atom is -0.338 e. The number of amides is 1. The Bertz CT molecular complexity index is 1290. The topological polar surface area (TPSA) is 70.2 Å². The SMILES string of the molecule is C=CC(=O)N1CCC[C@@H](NCc2ccc(Nc3ncc(Cl)c(/C(=C/CCC)c4ccccc4C)n3)cc2)C1. The zero-order valence-electron chi connectivity index (χ0n) is 22.2. The third kappa shape index (κ3) is 7.09. The first-order valence-electron chi connectivity index (χ1n) is 13.3. The first kappa shape index (κ1) is 27.6. The molecule has 0 radical (unpaired) electrons. The van der Waals surface area contributed by atoms with Gasteiger partial charge < -0.3 is 15.5 Å². The van der Waals surface area contributed by atoms with Gasteiger partial charge in [0.05, 0.1) is 16.9 Å². The Labute approximate surface area is 230 Å². The van der Waals surface area contributed by atoms with Gasteiger partial charge in [-0.25, -0.2) is 9.97 Å². The molecular weight excluding hydrogens is 494 g/mol. The van der Waals surface area contributed by atoms with Crippen LogP contribution in [0.2, 0.25) is 5.02 Å².